The smallest absolute Gasteiger partial charge is 0.293 e. The van der Waals surface area contributed by atoms with Crippen molar-refractivity contribution in [2.75, 3.05) is 17.7 Å². The van der Waals surface area contributed by atoms with Gasteiger partial charge < -0.3 is 10.6 Å². The summed E-state index contributed by atoms with van der Waals surface area (Å²) in [5.74, 6) is -0.591. The number of carbonyl (C=O) groups excluding carboxylic acids is 1. The number of nitrogens with two attached hydrogens (primary N) is 1. The number of non-ortho nitro benzene ring substituents is 1. The van der Waals surface area contributed by atoms with E-state index in [2.05, 4.69) is 35.8 Å². The molecule has 0 radical (unpaired) electrons. The Labute approximate surface area is 191 Å². The standard InChI is InChI=1S/C20H18N10O4/c1-28(14-7-3-2-4-8-14)12-16-17(23-27-29(16)19-18(21)25-34-26-19)20(31)24-22-11-13-6-5-9-15(10-13)30(32)33/h2-11H,12H2,1H3,(H2,21,25)(H,24,31). The summed E-state index contributed by atoms with van der Waals surface area (Å²) in [6, 6.07) is 15.3. The summed E-state index contributed by atoms with van der Waals surface area (Å²) in [4.78, 5) is 25.1. The summed E-state index contributed by atoms with van der Waals surface area (Å²) in [5, 5.41) is 30.0. The summed E-state index contributed by atoms with van der Waals surface area (Å²) in [6.07, 6.45) is 1.28. The van der Waals surface area contributed by atoms with Crippen molar-refractivity contribution < 1.29 is 14.3 Å². The van der Waals surface area contributed by atoms with E-state index in [0.717, 1.165) is 5.69 Å². The van der Waals surface area contributed by atoms with Crippen LogP contribution in [0.5, 0.6) is 0 Å². The fraction of sp³-hybridized carbons (Fsp3) is 0.100. The van der Waals surface area contributed by atoms with Crippen LogP contribution in [0.1, 0.15) is 21.7 Å². The van der Waals surface area contributed by atoms with Crippen LogP contribution < -0.4 is 16.1 Å². The van der Waals surface area contributed by atoms with E-state index < -0.39 is 10.8 Å². The number of hydrogen-bond acceptors (Lipinski definition) is 11. The van der Waals surface area contributed by atoms with Crippen molar-refractivity contribution in [3.63, 3.8) is 0 Å². The van der Waals surface area contributed by atoms with Crippen LogP contribution in [0.25, 0.3) is 5.82 Å². The lowest BCUT2D eigenvalue weighted by Crippen LogP contribution is -2.24. The SMILES string of the molecule is CN(Cc1c(C(=O)NN=Cc2cccc([N+](=O)[O-])c2)nnn1-c1nonc1N)c1ccccc1. The molecule has 34 heavy (non-hydrogen) atoms. The first-order valence-electron chi connectivity index (χ1n) is 9.81. The second kappa shape index (κ2) is 9.56. The van der Waals surface area contributed by atoms with Crippen LogP contribution in [0.2, 0.25) is 0 Å². The highest BCUT2D eigenvalue weighted by molar-refractivity contribution is 5.94. The van der Waals surface area contributed by atoms with Crippen LogP contribution in [-0.2, 0) is 6.54 Å². The molecular formula is C20H18N10O4. The molecule has 0 aliphatic rings. The van der Waals surface area contributed by atoms with Crippen molar-refractivity contribution in [2.45, 2.75) is 6.54 Å². The zero-order chi connectivity index (χ0) is 24.1. The summed E-state index contributed by atoms with van der Waals surface area (Å²) >= 11 is 0. The molecule has 172 valence electrons. The second-order valence-electron chi connectivity index (χ2n) is 7.01. The Morgan fingerprint density at radius 1 is 1.26 bits per heavy atom. The van der Waals surface area contributed by atoms with Crippen LogP contribution >= 0.6 is 0 Å². The lowest BCUT2D eigenvalue weighted by Gasteiger charge is -2.19. The van der Waals surface area contributed by atoms with Gasteiger partial charge in [0.15, 0.2) is 5.69 Å². The minimum Gasteiger partial charge on any atom is -0.378 e. The number of para-hydroxylation sites is 1. The summed E-state index contributed by atoms with van der Waals surface area (Å²) in [6.45, 7) is 0.209. The van der Waals surface area contributed by atoms with Gasteiger partial charge in [-0.15, -0.1) is 5.10 Å². The first-order chi connectivity index (χ1) is 16.4. The Hall–Kier alpha value is -5.14. The Bertz CT molecular complexity index is 1350. The number of benzene rings is 2. The van der Waals surface area contributed by atoms with E-state index in [1.165, 1.54) is 29.1 Å². The van der Waals surface area contributed by atoms with Gasteiger partial charge in [-0.2, -0.15) is 9.78 Å². The lowest BCUT2D eigenvalue weighted by molar-refractivity contribution is -0.384. The number of anilines is 2. The molecule has 0 unspecified atom stereocenters. The Kier molecular flexibility index (Phi) is 6.20. The molecule has 0 spiro atoms. The molecule has 3 N–H and O–H groups in total. The minimum atomic E-state index is -0.653. The summed E-state index contributed by atoms with van der Waals surface area (Å²) < 4.78 is 5.92. The van der Waals surface area contributed by atoms with Crippen molar-refractivity contribution in [2.24, 2.45) is 5.10 Å². The summed E-state index contributed by atoms with van der Waals surface area (Å²) in [5.41, 5.74) is 9.72. The zero-order valence-electron chi connectivity index (χ0n) is 17.8. The van der Waals surface area contributed by atoms with Gasteiger partial charge in [-0.3, -0.25) is 14.9 Å². The number of nitrogens with one attached hydrogen (secondary N) is 1. The molecule has 0 fully saturated rings. The van der Waals surface area contributed by atoms with Crippen molar-refractivity contribution in [3.05, 3.63) is 81.7 Å². The van der Waals surface area contributed by atoms with Crippen LogP contribution in [0, 0.1) is 10.1 Å². The molecule has 2 aromatic heterocycles. The number of nitrogen functional groups attached to an aromatic ring is 1. The molecule has 14 heteroatoms. The maximum atomic E-state index is 12.9. The fourth-order valence-corrected chi connectivity index (χ4v) is 3.06. The van der Waals surface area contributed by atoms with E-state index >= 15 is 0 Å². The van der Waals surface area contributed by atoms with E-state index in [1.807, 2.05) is 42.3 Å². The summed E-state index contributed by atoms with van der Waals surface area (Å²) in [7, 11) is 1.83. The highest BCUT2D eigenvalue weighted by atomic mass is 16.6. The van der Waals surface area contributed by atoms with Gasteiger partial charge in [0.05, 0.1) is 23.4 Å². The number of nitrogens with zero attached hydrogens (tertiary/aromatic N) is 8. The average molecular weight is 462 g/mol. The van der Waals surface area contributed by atoms with E-state index in [0.29, 0.717) is 11.3 Å². The lowest BCUT2D eigenvalue weighted by atomic mass is 10.2. The monoisotopic (exact) mass is 462 g/mol. The number of nitro groups is 1. The molecule has 0 bridgehead atoms. The quantitative estimate of drug-likeness (QED) is 0.221. The van der Waals surface area contributed by atoms with Crippen LogP contribution in [-0.4, -0.2) is 49.4 Å². The van der Waals surface area contributed by atoms with Gasteiger partial charge in [-0.05, 0) is 22.4 Å². The number of amides is 1. The normalized spacial score (nSPS) is 11.0. The molecule has 14 nitrogen and oxygen atoms in total. The number of hydrogen-bond donors (Lipinski definition) is 2. The molecule has 4 rings (SSSR count). The number of aromatic nitrogens is 5. The molecule has 0 saturated heterocycles. The van der Waals surface area contributed by atoms with Gasteiger partial charge in [-0.1, -0.05) is 35.5 Å². The topological polar surface area (TPSA) is 183 Å². The third kappa shape index (κ3) is 4.69. The molecule has 1 amide bonds. The number of carbonyl (C=O) groups is 1. The largest absolute Gasteiger partial charge is 0.378 e. The maximum absolute atomic E-state index is 12.9. The Morgan fingerprint density at radius 3 is 2.76 bits per heavy atom. The van der Waals surface area contributed by atoms with Crippen LogP contribution in [0.3, 0.4) is 0 Å². The first kappa shape index (κ1) is 22.1. The molecule has 0 aliphatic heterocycles. The molecule has 4 aromatic rings. The van der Waals surface area contributed by atoms with Gasteiger partial charge in [-0.25, -0.2) is 10.1 Å². The predicted molar refractivity (Wildman–Crippen MR) is 120 cm³/mol. The fourth-order valence-electron chi connectivity index (χ4n) is 3.06. The third-order valence-electron chi connectivity index (χ3n) is 4.72. The average Bonchev–Trinajstić information content (AvgIpc) is 3.45. The van der Waals surface area contributed by atoms with Gasteiger partial charge in [0.2, 0.25) is 11.6 Å². The minimum absolute atomic E-state index is 0.0239. The highest BCUT2D eigenvalue weighted by Gasteiger charge is 2.25. The maximum Gasteiger partial charge on any atom is 0.293 e. The molecule has 2 aromatic carbocycles. The van der Waals surface area contributed by atoms with E-state index in [1.54, 1.807) is 6.07 Å². The molecule has 0 atom stereocenters. The Balaban J connectivity index is 1.60. The zero-order valence-corrected chi connectivity index (χ0v) is 17.8. The molecule has 0 aliphatic carbocycles. The number of nitro benzene ring substituents is 1. The van der Waals surface area contributed by atoms with Gasteiger partial charge in [0.1, 0.15) is 0 Å². The Morgan fingerprint density at radius 2 is 2.06 bits per heavy atom. The van der Waals surface area contributed by atoms with Crippen molar-refractivity contribution in [1.82, 2.24) is 30.7 Å². The third-order valence-corrected chi connectivity index (χ3v) is 4.72. The highest BCUT2D eigenvalue weighted by Crippen LogP contribution is 2.20. The van der Waals surface area contributed by atoms with Gasteiger partial charge >= 0.3 is 0 Å². The van der Waals surface area contributed by atoms with Crippen molar-refractivity contribution in [1.29, 1.82) is 0 Å². The van der Waals surface area contributed by atoms with Crippen molar-refractivity contribution >= 4 is 29.3 Å². The van der Waals surface area contributed by atoms with Crippen LogP contribution in [0.15, 0.2) is 64.3 Å². The van der Waals surface area contributed by atoms with Gasteiger partial charge in [0.25, 0.3) is 11.6 Å². The first-order valence-corrected chi connectivity index (χ1v) is 9.81. The van der Waals surface area contributed by atoms with Gasteiger partial charge in [0, 0.05) is 30.4 Å². The number of hydrazone groups is 1. The van der Waals surface area contributed by atoms with Crippen LogP contribution in [0.4, 0.5) is 17.2 Å². The molecule has 2 heterocycles. The molecule has 0 saturated carbocycles. The number of rotatable bonds is 8. The molecular weight excluding hydrogens is 444 g/mol. The van der Waals surface area contributed by atoms with E-state index in [9.17, 15) is 14.9 Å². The van der Waals surface area contributed by atoms with E-state index in [4.69, 9.17) is 5.73 Å². The predicted octanol–water partition coefficient (Wildman–Crippen LogP) is 1.54. The van der Waals surface area contributed by atoms with Crippen molar-refractivity contribution in [3.8, 4) is 5.82 Å². The second-order valence-corrected chi connectivity index (χ2v) is 7.01. The van der Waals surface area contributed by atoms with E-state index in [-0.39, 0.29) is 29.6 Å².